The molecule has 1 aromatic carbocycles. The van der Waals surface area contributed by atoms with Crippen molar-refractivity contribution in [2.75, 3.05) is 47.9 Å². The van der Waals surface area contributed by atoms with Gasteiger partial charge in [0.1, 0.15) is 18.0 Å². The summed E-state index contributed by atoms with van der Waals surface area (Å²) in [6.45, 7) is 9.59. The molecule has 50 heavy (non-hydrogen) atoms. The number of hydrogen-bond donors (Lipinski definition) is 4. The summed E-state index contributed by atoms with van der Waals surface area (Å²) in [4.78, 5) is 56.4. The third-order valence-electron chi connectivity index (χ3n) is 9.51. The van der Waals surface area contributed by atoms with Crippen LogP contribution in [0.1, 0.15) is 70.9 Å². The van der Waals surface area contributed by atoms with Gasteiger partial charge in [0.15, 0.2) is 0 Å². The van der Waals surface area contributed by atoms with Gasteiger partial charge in [0.05, 0.1) is 61.5 Å². The number of nitrogens with zero attached hydrogens (tertiary/aromatic N) is 3. The second-order valence-electron chi connectivity index (χ2n) is 13.1. The molecule has 6 atom stereocenters. The molecule has 0 saturated carbocycles. The molecule has 0 bridgehead atoms. The highest BCUT2D eigenvalue weighted by Gasteiger charge is 2.41. The number of ether oxygens (including phenoxy) is 2. The number of methoxy groups -OCH3 is 2. The molecule has 6 unspecified atom stereocenters. The second kappa shape index (κ2) is 21.3. The number of likely N-dealkylation sites (tertiary alicyclic amines) is 1. The average Bonchev–Trinajstić information content (AvgIpc) is 3.57. The van der Waals surface area contributed by atoms with Crippen molar-refractivity contribution in [3.63, 3.8) is 0 Å². The molecule has 1 aliphatic heterocycles. The Balaban J connectivity index is 2.12. The van der Waals surface area contributed by atoms with E-state index in [2.05, 4.69) is 20.3 Å². The monoisotopic (exact) mass is 724 g/mol. The van der Waals surface area contributed by atoms with Crippen LogP contribution < -0.4 is 16.0 Å². The molecule has 1 aliphatic rings. The van der Waals surface area contributed by atoms with Gasteiger partial charge in [-0.1, -0.05) is 34.1 Å². The van der Waals surface area contributed by atoms with Crippen LogP contribution in [-0.4, -0.2) is 122 Å². The smallest absolute Gasteiger partial charge is 0.242 e. The molecule has 0 radical (unpaired) electrons. The maximum Gasteiger partial charge on any atom is 0.242 e. The van der Waals surface area contributed by atoms with Crippen molar-refractivity contribution in [2.45, 2.75) is 97.1 Å². The summed E-state index contributed by atoms with van der Waals surface area (Å²) in [6.07, 6.45) is 1.50. The van der Waals surface area contributed by atoms with E-state index in [0.29, 0.717) is 36.2 Å². The molecule has 15 heteroatoms. The summed E-state index contributed by atoms with van der Waals surface area (Å²) in [5, 5.41) is 8.55. The van der Waals surface area contributed by atoms with Crippen LogP contribution in [0, 0.1) is 24.6 Å². The Morgan fingerprint density at radius 3 is 2.36 bits per heavy atom. The fourth-order valence-electron chi connectivity index (χ4n) is 6.74. The predicted molar refractivity (Wildman–Crippen MR) is 193 cm³/mol. The molecule has 4 N–H and O–H groups in total. The minimum absolute atomic E-state index is 0.00892. The zero-order valence-electron chi connectivity index (χ0n) is 31.0. The maximum atomic E-state index is 13.9. The third-order valence-corrected chi connectivity index (χ3v) is 9.82. The molecule has 0 aromatic heterocycles. The van der Waals surface area contributed by atoms with Crippen molar-refractivity contribution >= 4 is 41.6 Å². The Kier molecular flexibility index (Phi) is 18.3. The van der Waals surface area contributed by atoms with E-state index in [1.807, 2.05) is 20.8 Å². The third kappa shape index (κ3) is 11.7. The van der Waals surface area contributed by atoms with Gasteiger partial charge in [0.2, 0.25) is 23.6 Å². The lowest BCUT2D eigenvalue weighted by Crippen LogP contribution is -2.53. The molecule has 4 amide bonds. The van der Waals surface area contributed by atoms with Gasteiger partial charge in [-0.3, -0.25) is 19.2 Å². The Labute approximate surface area is 300 Å². The van der Waals surface area contributed by atoms with E-state index < -0.39 is 36.0 Å². The summed E-state index contributed by atoms with van der Waals surface area (Å²) in [6, 6.07) is 2.98. The van der Waals surface area contributed by atoms with Gasteiger partial charge < -0.3 is 39.8 Å². The highest BCUT2D eigenvalue weighted by molar-refractivity contribution is 7.92. The minimum Gasteiger partial charge on any atom is -0.379 e. The summed E-state index contributed by atoms with van der Waals surface area (Å²) < 4.78 is 38.8. The second-order valence-corrected chi connectivity index (χ2v) is 13.5. The van der Waals surface area contributed by atoms with Crippen molar-refractivity contribution in [1.82, 2.24) is 25.8 Å². The van der Waals surface area contributed by atoms with E-state index >= 15 is 0 Å². The molecule has 282 valence electrons. The molecule has 1 fully saturated rings. The molecule has 2 rings (SSSR count). The van der Waals surface area contributed by atoms with E-state index in [1.54, 1.807) is 43.8 Å². The van der Waals surface area contributed by atoms with Crippen LogP contribution >= 0.6 is 12.2 Å². The number of carbonyl (C=O) groups is 4. The van der Waals surface area contributed by atoms with Crippen LogP contribution in [0.5, 0.6) is 0 Å². The van der Waals surface area contributed by atoms with Crippen LogP contribution in [0.2, 0.25) is 0 Å². The number of aryl methyl sites for hydroxylation is 1. The SMILES string of the molecule is CCCC(C(CC(=O)N1CCCC1C(OC)C(C)C(=O)NC/C(=N/SO)c1ccc(F)cc1C)OC)N(C)C(=O)CNC(=O)C(NC)C(C)C. The van der Waals surface area contributed by atoms with E-state index in [4.69, 9.17) is 9.47 Å². The first-order chi connectivity index (χ1) is 23.7. The fraction of sp³-hybridized carbons (Fsp3) is 0.686. The van der Waals surface area contributed by atoms with Crippen molar-refractivity contribution < 1.29 is 37.6 Å². The van der Waals surface area contributed by atoms with Crippen LogP contribution in [0.4, 0.5) is 4.39 Å². The van der Waals surface area contributed by atoms with E-state index in [1.165, 1.54) is 26.4 Å². The van der Waals surface area contributed by atoms with Gasteiger partial charge in [-0.15, -0.1) is 0 Å². The first-order valence-corrected chi connectivity index (χ1v) is 18.0. The largest absolute Gasteiger partial charge is 0.379 e. The normalized spacial score (nSPS) is 18.0. The highest BCUT2D eigenvalue weighted by Crippen LogP contribution is 2.28. The lowest BCUT2D eigenvalue weighted by Gasteiger charge is -2.37. The van der Waals surface area contributed by atoms with Crippen LogP contribution in [-0.2, 0) is 28.7 Å². The van der Waals surface area contributed by atoms with E-state index in [9.17, 15) is 28.1 Å². The molecule has 1 aromatic rings. The van der Waals surface area contributed by atoms with Crippen molar-refractivity contribution in [2.24, 2.45) is 16.2 Å². The Hall–Kier alpha value is -3.11. The molecular formula is C35H57FN6O7S. The van der Waals surface area contributed by atoms with E-state index in [-0.39, 0.29) is 67.3 Å². The van der Waals surface area contributed by atoms with E-state index in [0.717, 1.165) is 12.8 Å². The molecular weight excluding hydrogens is 667 g/mol. The molecule has 0 spiro atoms. The number of hydrogen-bond acceptors (Lipinski definition) is 10. The van der Waals surface area contributed by atoms with Gasteiger partial charge >= 0.3 is 0 Å². The highest BCUT2D eigenvalue weighted by atomic mass is 32.2. The first-order valence-electron chi connectivity index (χ1n) is 17.2. The number of carbonyl (C=O) groups excluding carboxylic acids is 4. The van der Waals surface area contributed by atoms with Gasteiger partial charge in [-0.2, -0.15) is 4.40 Å². The first kappa shape index (κ1) is 43.1. The minimum atomic E-state index is -0.654. The van der Waals surface area contributed by atoms with Crippen molar-refractivity contribution in [1.29, 1.82) is 0 Å². The summed E-state index contributed by atoms with van der Waals surface area (Å²) in [5.74, 6) is -2.05. The lowest BCUT2D eigenvalue weighted by molar-refractivity contribution is -0.144. The molecule has 1 heterocycles. The van der Waals surface area contributed by atoms with Crippen LogP contribution in [0.15, 0.2) is 22.6 Å². The van der Waals surface area contributed by atoms with Crippen LogP contribution in [0.25, 0.3) is 0 Å². The predicted octanol–water partition coefficient (Wildman–Crippen LogP) is 3.20. The fourth-order valence-corrected chi connectivity index (χ4v) is 7.00. The molecule has 1 saturated heterocycles. The lowest BCUT2D eigenvalue weighted by atomic mass is 9.94. The quantitative estimate of drug-likeness (QED) is 0.0900. The van der Waals surface area contributed by atoms with Gasteiger partial charge in [0, 0.05) is 33.4 Å². The molecule has 13 nitrogen and oxygen atoms in total. The molecule has 0 aliphatic carbocycles. The topological polar surface area (TPSA) is 162 Å². The number of rotatable bonds is 20. The Bertz CT molecular complexity index is 1320. The standard InChI is InChI=1S/C35H57FN6O7S/c1-10-12-27(41(7)31(44)20-39-35(46)32(37-6)21(2)3)29(48-8)18-30(43)42-16-11-13-28(42)33(49-9)23(5)34(45)38-19-26(40-50-47)25-15-14-24(36)17-22(25)4/h14-15,17,21,23,27-29,32-33,37,47H,10-13,16,18-20H2,1-9H3,(H,38,45)(H,39,46)/b40-26-. The number of nitrogens with one attached hydrogen (secondary N) is 3. The van der Waals surface area contributed by atoms with Gasteiger partial charge in [-0.25, -0.2) is 4.39 Å². The zero-order valence-corrected chi connectivity index (χ0v) is 31.8. The number of halogens is 1. The average molecular weight is 725 g/mol. The van der Waals surface area contributed by atoms with Crippen molar-refractivity contribution in [3.05, 3.63) is 35.1 Å². The number of amides is 4. The van der Waals surface area contributed by atoms with Crippen LogP contribution in [0.3, 0.4) is 0 Å². The maximum absolute atomic E-state index is 13.9. The Morgan fingerprint density at radius 1 is 1.12 bits per heavy atom. The summed E-state index contributed by atoms with van der Waals surface area (Å²) in [5.41, 5.74) is 1.58. The Morgan fingerprint density at radius 2 is 1.80 bits per heavy atom. The zero-order chi connectivity index (χ0) is 37.5. The number of likely N-dealkylation sites (N-methyl/N-ethyl adjacent to an activating group) is 2. The summed E-state index contributed by atoms with van der Waals surface area (Å²) >= 11 is 0.256. The van der Waals surface area contributed by atoms with Crippen molar-refractivity contribution in [3.8, 4) is 0 Å². The number of benzene rings is 1. The summed E-state index contributed by atoms with van der Waals surface area (Å²) in [7, 11) is 6.40. The van der Waals surface area contributed by atoms with Gasteiger partial charge in [-0.05, 0) is 62.9 Å². The van der Waals surface area contributed by atoms with Gasteiger partial charge in [0.25, 0.3) is 0 Å².